The van der Waals surface area contributed by atoms with E-state index in [1.165, 1.54) is 0 Å². The highest BCUT2D eigenvalue weighted by molar-refractivity contribution is 6.28. The second-order valence-electron chi connectivity index (χ2n) is 5.32. The highest BCUT2D eigenvalue weighted by atomic mass is 35.5. The second kappa shape index (κ2) is 6.47. The van der Waals surface area contributed by atoms with E-state index in [4.69, 9.17) is 11.6 Å². The van der Waals surface area contributed by atoms with Gasteiger partial charge in [0.2, 0.25) is 5.28 Å². The quantitative estimate of drug-likeness (QED) is 0.942. The molecule has 0 spiro atoms. The Hall–Kier alpha value is -1.24. The first-order valence-electron chi connectivity index (χ1n) is 6.04. The van der Waals surface area contributed by atoms with Gasteiger partial charge in [0.25, 0.3) is 5.95 Å². The molecule has 0 unspecified atom stereocenters. The largest absolute Gasteiger partial charge is 0.303 e. The Morgan fingerprint density at radius 1 is 1.25 bits per heavy atom. The Morgan fingerprint density at radius 3 is 2.40 bits per heavy atom. The maximum Gasteiger partial charge on any atom is 0.252 e. The lowest BCUT2D eigenvalue weighted by molar-refractivity contribution is 0.365. The summed E-state index contributed by atoms with van der Waals surface area (Å²) < 4.78 is 1.56. The monoisotopic (exact) mass is 316 g/mol. The molecule has 0 aliphatic rings. The van der Waals surface area contributed by atoms with Crippen LogP contribution >= 0.6 is 24.0 Å². The zero-order chi connectivity index (χ0) is 14.0. The number of rotatable bonds is 3. The molecule has 1 N–H and O–H groups in total. The van der Waals surface area contributed by atoms with E-state index >= 15 is 0 Å². The summed E-state index contributed by atoms with van der Waals surface area (Å²) >= 11 is 5.90. The smallest absolute Gasteiger partial charge is 0.252 e. The van der Waals surface area contributed by atoms with Crippen LogP contribution in [0.1, 0.15) is 39.6 Å². The van der Waals surface area contributed by atoms with E-state index < -0.39 is 0 Å². The van der Waals surface area contributed by atoms with Crippen molar-refractivity contribution in [1.82, 2.24) is 30.0 Å². The van der Waals surface area contributed by atoms with Gasteiger partial charge in [-0.3, -0.25) is 0 Å². The van der Waals surface area contributed by atoms with Crippen LogP contribution in [-0.2, 0) is 0 Å². The molecule has 20 heavy (non-hydrogen) atoms. The molecule has 110 valence electrons. The lowest BCUT2D eigenvalue weighted by Crippen LogP contribution is -2.38. The Labute approximate surface area is 129 Å². The fourth-order valence-electron chi connectivity index (χ4n) is 1.84. The molecule has 0 aliphatic heterocycles. The molecule has 0 aromatic carbocycles. The molecule has 0 saturated heterocycles. The zero-order valence-electron chi connectivity index (χ0n) is 11.8. The van der Waals surface area contributed by atoms with Gasteiger partial charge in [0.1, 0.15) is 0 Å². The SMILES string of the molecule is C[C@H](NC(C)(C)C)c1nc(Cl)nn1-c1ncccn1.Cl. The summed E-state index contributed by atoms with van der Waals surface area (Å²) in [5.41, 5.74) is -0.0415. The summed E-state index contributed by atoms with van der Waals surface area (Å²) in [7, 11) is 0. The topological polar surface area (TPSA) is 68.5 Å². The van der Waals surface area contributed by atoms with Crippen LogP contribution in [0, 0.1) is 0 Å². The Bertz CT molecular complexity index is 549. The van der Waals surface area contributed by atoms with Gasteiger partial charge in [-0.25, -0.2) is 9.97 Å². The van der Waals surface area contributed by atoms with Gasteiger partial charge in [-0.1, -0.05) is 0 Å². The molecule has 0 radical (unpaired) electrons. The van der Waals surface area contributed by atoms with Crippen molar-refractivity contribution in [3.05, 3.63) is 29.6 Å². The van der Waals surface area contributed by atoms with E-state index in [1.807, 2.05) is 6.92 Å². The fraction of sp³-hybridized carbons (Fsp3) is 0.500. The molecule has 0 saturated carbocycles. The Balaban J connectivity index is 0.00000200. The van der Waals surface area contributed by atoms with Crippen LogP contribution in [-0.4, -0.2) is 30.3 Å². The van der Waals surface area contributed by atoms with Gasteiger partial charge >= 0.3 is 0 Å². The minimum atomic E-state index is -0.0415. The minimum absolute atomic E-state index is 0. The molecule has 2 heterocycles. The summed E-state index contributed by atoms with van der Waals surface area (Å²) in [6.07, 6.45) is 3.31. The summed E-state index contributed by atoms with van der Waals surface area (Å²) in [6, 6.07) is 1.72. The number of aromatic nitrogens is 5. The van der Waals surface area contributed by atoms with E-state index in [9.17, 15) is 0 Å². The van der Waals surface area contributed by atoms with Crippen molar-refractivity contribution in [3.63, 3.8) is 0 Å². The van der Waals surface area contributed by atoms with Crippen LogP contribution in [0.5, 0.6) is 0 Å². The van der Waals surface area contributed by atoms with E-state index in [1.54, 1.807) is 23.1 Å². The summed E-state index contributed by atoms with van der Waals surface area (Å²) in [4.78, 5) is 12.6. The molecule has 6 nitrogen and oxygen atoms in total. The van der Waals surface area contributed by atoms with E-state index in [2.05, 4.69) is 46.1 Å². The normalized spacial score (nSPS) is 12.8. The number of hydrogen-bond donors (Lipinski definition) is 1. The van der Waals surface area contributed by atoms with Gasteiger partial charge < -0.3 is 5.32 Å². The van der Waals surface area contributed by atoms with Gasteiger partial charge in [-0.05, 0) is 45.4 Å². The Morgan fingerprint density at radius 2 is 1.85 bits per heavy atom. The van der Waals surface area contributed by atoms with Crippen LogP contribution in [0.2, 0.25) is 5.28 Å². The van der Waals surface area contributed by atoms with Crippen LogP contribution in [0.4, 0.5) is 0 Å². The third-order valence-corrected chi connectivity index (χ3v) is 2.54. The minimum Gasteiger partial charge on any atom is -0.303 e. The maximum absolute atomic E-state index is 5.90. The van der Waals surface area contributed by atoms with Gasteiger partial charge in [0, 0.05) is 17.9 Å². The maximum atomic E-state index is 5.90. The number of nitrogens with zero attached hydrogens (tertiary/aromatic N) is 5. The highest BCUT2D eigenvalue weighted by Crippen LogP contribution is 2.18. The Kier molecular flexibility index (Phi) is 5.44. The van der Waals surface area contributed by atoms with E-state index in [0.717, 1.165) is 0 Å². The fourth-order valence-corrected chi connectivity index (χ4v) is 2.00. The van der Waals surface area contributed by atoms with Crippen molar-refractivity contribution in [2.75, 3.05) is 0 Å². The van der Waals surface area contributed by atoms with Crippen molar-refractivity contribution in [1.29, 1.82) is 0 Å². The number of hydrogen-bond acceptors (Lipinski definition) is 5. The summed E-state index contributed by atoms with van der Waals surface area (Å²) in [5, 5.41) is 7.74. The summed E-state index contributed by atoms with van der Waals surface area (Å²) in [6.45, 7) is 8.27. The van der Waals surface area contributed by atoms with Gasteiger partial charge in [0.05, 0.1) is 6.04 Å². The van der Waals surface area contributed by atoms with Crippen molar-refractivity contribution in [2.24, 2.45) is 0 Å². The molecule has 8 heteroatoms. The predicted octanol–water partition coefficient (Wildman–Crippen LogP) is 2.58. The highest BCUT2D eigenvalue weighted by Gasteiger charge is 2.22. The molecular formula is C12H18Cl2N6. The first-order valence-corrected chi connectivity index (χ1v) is 6.42. The van der Waals surface area contributed by atoms with Gasteiger partial charge in [-0.15, -0.1) is 17.5 Å². The van der Waals surface area contributed by atoms with Crippen LogP contribution in [0.25, 0.3) is 5.95 Å². The van der Waals surface area contributed by atoms with Gasteiger partial charge in [0.15, 0.2) is 5.82 Å². The molecular weight excluding hydrogens is 299 g/mol. The molecule has 0 amide bonds. The van der Waals surface area contributed by atoms with E-state index in [-0.39, 0.29) is 29.3 Å². The average molecular weight is 317 g/mol. The lowest BCUT2D eigenvalue weighted by atomic mass is 10.1. The molecule has 0 bridgehead atoms. The molecule has 0 fully saturated rings. The molecule has 0 aliphatic carbocycles. The van der Waals surface area contributed by atoms with Crippen LogP contribution in [0.3, 0.4) is 0 Å². The van der Waals surface area contributed by atoms with E-state index in [0.29, 0.717) is 11.8 Å². The first-order chi connectivity index (χ1) is 8.87. The van der Waals surface area contributed by atoms with Crippen molar-refractivity contribution in [3.8, 4) is 5.95 Å². The molecule has 1 atom stereocenters. The average Bonchev–Trinajstić information content (AvgIpc) is 2.70. The molecule has 2 aromatic rings. The van der Waals surface area contributed by atoms with Crippen molar-refractivity contribution >= 4 is 24.0 Å². The first kappa shape index (κ1) is 16.8. The third-order valence-electron chi connectivity index (χ3n) is 2.38. The standard InChI is InChI=1S/C12H17ClN6.ClH/c1-8(17-12(2,3)4)9-16-10(13)18-19(9)11-14-6-5-7-15-11;/h5-8,17H,1-4H3;1H/t8-;/m0./s1. The van der Waals surface area contributed by atoms with Gasteiger partial charge in [-0.2, -0.15) is 9.67 Å². The molecule has 2 rings (SSSR count). The van der Waals surface area contributed by atoms with Crippen LogP contribution < -0.4 is 5.32 Å². The predicted molar refractivity (Wildman–Crippen MR) is 80.5 cm³/mol. The second-order valence-corrected chi connectivity index (χ2v) is 5.65. The number of halogens is 2. The lowest BCUT2D eigenvalue weighted by Gasteiger charge is -2.25. The number of nitrogens with one attached hydrogen (secondary N) is 1. The third kappa shape index (κ3) is 4.13. The summed E-state index contributed by atoms with van der Waals surface area (Å²) in [5.74, 6) is 1.14. The molecule has 2 aromatic heterocycles. The van der Waals surface area contributed by atoms with Crippen molar-refractivity contribution in [2.45, 2.75) is 39.3 Å². The van der Waals surface area contributed by atoms with Crippen molar-refractivity contribution < 1.29 is 0 Å². The van der Waals surface area contributed by atoms with Crippen LogP contribution in [0.15, 0.2) is 18.5 Å². The zero-order valence-corrected chi connectivity index (χ0v) is 13.4.